The molecule has 5 heteroatoms. The van der Waals surface area contributed by atoms with E-state index in [-0.39, 0.29) is 6.61 Å². The van der Waals surface area contributed by atoms with E-state index in [4.69, 9.17) is 9.84 Å². The SMILES string of the molecule is COc1nc2ccccc2cc1CN1CCC(N(C)CCCO)CC1. The van der Waals surface area contributed by atoms with Crippen LogP contribution in [0.1, 0.15) is 24.8 Å². The van der Waals surface area contributed by atoms with Gasteiger partial charge < -0.3 is 14.7 Å². The molecule has 0 saturated carbocycles. The lowest BCUT2D eigenvalue weighted by atomic mass is 10.0. The third kappa shape index (κ3) is 4.48. The number of hydrogen-bond donors (Lipinski definition) is 1. The number of rotatable bonds is 7. The molecule has 1 aromatic carbocycles. The van der Waals surface area contributed by atoms with Crippen molar-refractivity contribution in [3.63, 3.8) is 0 Å². The fourth-order valence-electron chi connectivity index (χ4n) is 3.69. The number of hydrogen-bond acceptors (Lipinski definition) is 5. The molecule has 2 aromatic rings. The molecule has 25 heavy (non-hydrogen) atoms. The molecule has 1 aromatic heterocycles. The predicted octanol–water partition coefficient (Wildman–Crippen LogP) is 2.52. The summed E-state index contributed by atoms with van der Waals surface area (Å²) in [6.07, 6.45) is 3.20. The Balaban J connectivity index is 1.63. The van der Waals surface area contributed by atoms with Crippen molar-refractivity contribution in [1.82, 2.24) is 14.8 Å². The molecule has 136 valence electrons. The van der Waals surface area contributed by atoms with Crippen LogP contribution in [-0.2, 0) is 6.54 Å². The second-order valence-corrected chi connectivity index (χ2v) is 6.91. The van der Waals surface area contributed by atoms with Gasteiger partial charge in [-0.05, 0) is 51.5 Å². The molecular formula is C20H29N3O2. The van der Waals surface area contributed by atoms with Crippen LogP contribution in [0.25, 0.3) is 10.9 Å². The molecule has 0 atom stereocenters. The third-order valence-electron chi connectivity index (χ3n) is 5.20. The molecular weight excluding hydrogens is 314 g/mol. The molecule has 5 nitrogen and oxygen atoms in total. The fourth-order valence-corrected chi connectivity index (χ4v) is 3.69. The van der Waals surface area contributed by atoms with E-state index in [1.165, 1.54) is 12.8 Å². The summed E-state index contributed by atoms with van der Waals surface area (Å²) in [4.78, 5) is 9.54. The van der Waals surface area contributed by atoms with Gasteiger partial charge in [-0.25, -0.2) is 4.98 Å². The molecule has 1 aliphatic rings. The third-order valence-corrected chi connectivity index (χ3v) is 5.20. The van der Waals surface area contributed by atoms with Crippen molar-refractivity contribution in [2.75, 3.05) is 40.4 Å². The number of fused-ring (bicyclic) bond motifs is 1. The number of aromatic nitrogens is 1. The van der Waals surface area contributed by atoms with Gasteiger partial charge in [0.2, 0.25) is 5.88 Å². The Kier molecular flexibility index (Phi) is 6.24. The molecule has 0 spiro atoms. The molecule has 0 unspecified atom stereocenters. The highest BCUT2D eigenvalue weighted by molar-refractivity contribution is 5.80. The Morgan fingerprint density at radius 2 is 2.04 bits per heavy atom. The monoisotopic (exact) mass is 343 g/mol. The summed E-state index contributed by atoms with van der Waals surface area (Å²) >= 11 is 0. The maximum absolute atomic E-state index is 8.99. The Labute approximate surface area is 150 Å². The van der Waals surface area contributed by atoms with E-state index in [2.05, 4.69) is 34.0 Å². The number of aliphatic hydroxyl groups is 1. The van der Waals surface area contributed by atoms with Gasteiger partial charge in [-0.2, -0.15) is 0 Å². The highest BCUT2D eigenvalue weighted by Gasteiger charge is 2.23. The van der Waals surface area contributed by atoms with Crippen molar-refractivity contribution in [1.29, 1.82) is 0 Å². The molecule has 2 heterocycles. The quantitative estimate of drug-likeness (QED) is 0.837. The lowest BCUT2D eigenvalue weighted by Crippen LogP contribution is -2.43. The molecule has 0 radical (unpaired) electrons. The lowest BCUT2D eigenvalue weighted by Gasteiger charge is -2.36. The largest absolute Gasteiger partial charge is 0.481 e. The Hall–Kier alpha value is -1.69. The van der Waals surface area contributed by atoms with E-state index in [0.29, 0.717) is 6.04 Å². The second-order valence-electron chi connectivity index (χ2n) is 6.91. The topological polar surface area (TPSA) is 48.8 Å². The minimum atomic E-state index is 0.276. The summed E-state index contributed by atoms with van der Waals surface area (Å²) in [7, 11) is 3.87. The zero-order valence-corrected chi connectivity index (χ0v) is 15.3. The van der Waals surface area contributed by atoms with Crippen molar-refractivity contribution in [3.05, 3.63) is 35.9 Å². The van der Waals surface area contributed by atoms with Crippen LogP contribution in [-0.4, -0.2) is 66.3 Å². The first-order valence-corrected chi connectivity index (χ1v) is 9.17. The number of methoxy groups -OCH3 is 1. The van der Waals surface area contributed by atoms with Gasteiger partial charge in [-0.3, -0.25) is 4.90 Å². The van der Waals surface area contributed by atoms with Gasteiger partial charge in [0, 0.05) is 36.7 Å². The van der Waals surface area contributed by atoms with Gasteiger partial charge in [-0.1, -0.05) is 18.2 Å². The van der Waals surface area contributed by atoms with Crippen molar-refractivity contribution in [3.8, 4) is 5.88 Å². The summed E-state index contributed by atoms with van der Waals surface area (Å²) in [5.74, 6) is 0.737. The van der Waals surface area contributed by atoms with Crippen molar-refractivity contribution < 1.29 is 9.84 Å². The number of aliphatic hydroxyl groups excluding tert-OH is 1. The smallest absolute Gasteiger partial charge is 0.218 e. The number of benzene rings is 1. The van der Waals surface area contributed by atoms with Gasteiger partial charge in [0.15, 0.2) is 0 Å². The van der Waals surface area contributed by atoms with E-state index < -0.39 is 0 Å². The molecule has 0 aliphatic carbocycles. The van der Waals surface area contributed by atoms with Crippen LogP contribution < -0.4 is 4.74 Å². The van der Waals surface area contributed by atoms with Gasteiger partial charge >= 0.3 is 0 Å². The van der Waals surface area contributed by atoms with E-state index in [1.807, 2.05) is 18.2 Å². The van der Waals surface area contributed by atoms with Crippen molar-refractivity contribution in [2.24, 2.45) is 0 Å². The van der Waals surface area contributed by atoms with E-state index in [9.17, 15) is 0 Å². The summed E-state index contributed by atoms with van der Waals surface area (Å²) in [5.41, 5.74) is 2.14. The molecule has 1 fully saturated rings. The normalized spacial score (nSPS) is 16.6. The number of likely N-dealkylation sites (tertiary alicyclic amines) is 1. The molecule has 1 saturated heterocycles. The summed E-state index contributed by atoms with van der Waals surface area (Å²) in [6, 6.07) is 11.0. The highest BCUT2D eigenvalue weighted by atomic mass is 16.5. The van der Waals surface area contributed by atoms with Gasteiger partial charge in [0.1, 0.15) is 0 Å². The summed E-state index contributed by atoms with van der Waals surface area (Å²) in [5, 5.41) is 10.2. The molecule has 1 aliphatic heterocycles. The summed E-state index contributed by atoms with van der Waals surface area (Å²) in [6.45, 7) is 4.31. The first-order chi connectivity index (χ1) is 12.2. The van der Waals surface area contributed by atoms with Crippen LogP contribution in [0.15, 0.2) is 30.3 Å². The number of nitrogens with zero attached hydrogens (tertiary/aromatic N) is 3. The van der Waals surface area contributed by atoms with Crippen LogP contribution in [0.4, 0.5) is 0 Å². The number of para-hydroxylation sites is 1. The first-order valence-electron chi connectivity index (χ1n) is 9.17. The highest BCUT2D eigenvalue weighted by Crippen LogP contribution is 2.25. The van der Waals surface area contributed by atoms with Crippen molar-refractivity contribution >= 4 is 10.9 Å². The zero-order valence-electron chi connectivity index (χ0n) is 15.3. The maximum atomic E-state index is 8.99. The second kappa shape index (κ2) is 8.61. The van der Waals surface area contributed by atoms with E-state index >= 15 is 0 Å². The maximum Gasteiger partial charge on any atom is 0.218 e. The Morgan fingerprint density at radius 1 is 1.28 bits per heavy atom. The predicted molar refractivity (Wildman–Crippen MR) is 101 cm³/mol. The van der Waals surface area contributed by atoms with Gasteiger partial charge in [-0.15, -0.1) is 0 Å². The number of ether oxygens (including phenoxy) is 1. The first kappa shape index (κ1) is 18.1. The summed E-state index contributed by atoms with van der Waals surface area (Å²) < 4.78 is 5.53. The molecule has 3 rings (SSSR count). The average Bonchev–Trinajstić information content (AvgIpc) is 2.66. The molecule has 0 amide bonds. The van der Waals surface area contributed by atoms with Gasteiger partial charge in [0.25, 0.3) is 0 Å². The number of pyridine rings is 1. The van der Waals surface area contributed by atoms with Gasteiger partial charge in [0.05, 0.1) is 12.6 Å². The zero-order chi connectivity index (χ0) is 17.6. The molecule has 1 N–H and O–H groups in total. The Morgan fingerprint density at radius 3 is 2.76 bits per heavy atom. The average molecular weight is 343 g/mol. The fraction of sp³-hybridized carbons (Fsp3) is 0.550. The minimum Gasteiger partial charge on any atom is -0.481 e. The minimum absolute atomic E-state index is 0.276. The molecule has 0 bridgehead atoms. The Bertz CT molecular complexity index is 684. The van der Waals surface area contributed by atoms with Crippen molar-refractivity contribution in [2.45, 2.75) is 31.8 Å². The standard InChI is InChI=1S/C20H29N3O2/c1-22(10-5-13-24)18-8-11-23(12-9-18)15-17-14-16-6-3-4-7-19(16)21-20(17)25-2/h3-4,6-7,14,18,24H,5,8-13,15H2,1-2H3. The van der Waals surface area contributed by atoms with Crippen LogP contribution >= 0.6 is 0 Å². The van der Waals surface area contributed by atoms with E-state index in [0.717, 1.165) is 54.9 Å². The number of piperidine rings is 1. The lowest BCUT2D eigenvalue weighted by molar-refractivity contribution is 0.117. The van der Waals surface area contributed by atoms with Crippen LogP contribution in [0.5, 0.6) is 5.88 Å². The van der Waals surface area contributed by atoms with E-state index in [1.54, 1.807) is 7.11 Å². The van der Waals surface area contributed by atoms with Crippen LogP contribution in [0.2, 0.25) is 0 Å². The van der Waals surface area contributed by atoms with Crippen LogP contribution in [0, 0.1) is 0 Å². The van der Waals surface area contributed by atoms with Crippen LogP contribution in [0.3, 0.4) is 0 Å².